The fourth-order valence-electron chi connectivity index (χ4n) is 1.14. The van der Waals surface area contributed by atoms with E-state index < -0.39 is 17.4 Å². The number of carbonyl (C=O) groups is 2. The average Bonchev–Trinajstić information content (AvgIpc) is 2.43. The molecule has 0 fully saturated rings. The van der Waals surface area contributed by atoms with E-state index >= 15 is 0 Å². The van der Waals surface area contributed by atoms with Gasteiger partial charge < -0.3 is 4.74 Å². The van der Waals surface area contributed by atoms with E-state index in [1.54, 1.807) is 30.3 Å². The number of allylic oxidation sites excluding steroid dienone is 1. The number of esters is 1. The van der Waals surface area contributed by atoms with Crippen LogP contribution in [0.1, 0.15) is 10.4 Å². The summed E-state index contributed by atoms with van der Waals surface area (Å²) in [5, 5.41) is 3.16. The molecule has 0 heterocycles. The third kappa shape index (κ3) is 3.19. The Morgan fingerprint density at radius 1 is 1.33 bits per heavy atom. The Labute approximate surface area is 111 Å². The minimum atomic E-state index is -0.885. The standard InChI is InChI=1S/C11H8BrN3O3/c1-18-11(17)9(14-15-13)8(12)10(16)7-5-3-2-4-6-7/h2-6H,1H3/b9-8+. The highest BCUT2D eigenvalue weighted by atomic mass is 79.9. The second-order valence-electron chi connectivity index (χ2n) is 3.04. The molecule has 0 aliphatic heterocycles. The van der Waals surface area contributed by atoms with Gasteiger partial charge in [-0.2, -0.15) is 0 Å². The van der Waals surface area contributed by atoms with Crippen molar-refractivity contribution in [1.82, 2.24) is 0 Å². The van der Waals surface area contributed by atoms with Crippen LogP contribution in [-0.2, 0) is 9.53 Å². The number of benzene rings is 1. The van der Waals surface area contributed by atoms with Crippen molar-refractivity contribution in [1.29, 1.82) is 0 Å². The molecule has 0 spiro atoms. The normalized spacial score (nSPS) is 11.0. The van der Waals surface area contributed by atoms with Gasteiger partial charge >= 0.3 is 5.97 Å². The molecule has 6 nitrogen and oxygen atoms in total. The summed E-state index contributed by atoms with van der Waals surface area (Å²) in [5.41, 5.74) is 8.32. The molecule has 0 saturated heterocycles. The summed E-state index contributed by atoms with van der Waals surface area (Å²) >= 11 is 2.95. The summed E-state index contributed by atoms with van der Waals surface area (Å²) < 4.78 is 4.29. The van der Waals surface area contributed by atoms with Crippen molar-refractivity contribution in [2.24, 2.45) is 5.11 Å². The summed E-state index contributed by atoms with van der Waals surface area (Å²) in [7, 11) is 1.13. The molecule has 0 unspecified atom stereocenters. The van der Waals surface area contributed by atoms with Crippen LogP contribution in [0, 0.1) is 0 Å². The highest BCUT2D eigenvalue weighted by Crippen LogP contribution is 2.20. The summed E-state index contributed by atoms with van der Waals surface area (Å²) in [5.74, 6) is -1.35. The van der Waals surface area contributed by atoms with Crippen LogP contribution in [0.4, 0.5) is 0 Å². The Bertz CT molecular complexity index is 548. The van der Waals surface area contributed by atoms with Gasteiger partial charge in [0.1, 0.15) is 5.70 Å². The molecule has 0 aliphatic rings. The van der Waals surface area contributed by atoms with Gasteiger partial charge in [-0.3, -0.25) is 4.79 Å². The summed E-state index contributed by atoms with van der Waals surface area (Å²) in [6, 6.07) is 8.27. The molecule has 0 atom stereocenters. The number of Topliss-reactive ketones (excluding diaryl/α,β-unsaturated/α-hetero) is 1. The van der Waals surface area contributed by atoms with E-state index in [0.29, 0.717) is 5.56 Å². The molecule has 0 bridgehead atoms. The molecule has 0 N–H and O–H groups in total. The smallest absolute Gasteiger partial charge is 0.341 e. The van der Waals surface area contributed by atoms with Gasteiger partial charge in [-0.05, 0) is 21.5 Å². The highest BCUT2D eigenvalue weighted by molar-refractivity contribution is 9.12. The summed E-state index contributed by atoms with van der Waals surface area (Å²) in [6.07, 6.45) is 0. The minimum Gasteiger partial charge on any atom is -0.465 e. The number of methoxy groups -OCH3 is 1. The molecule has 1 rings (SSSR count). The van der Waals surface area contributed by atoms with E-state index in [1.807, 2.05) is 0 Å². The first-order valence-corrected chi connectivity index (χ1v) is 5.54. The zero-order chi connectivity index (χ0) is 13.5. The maximum atomic E-state index is 12.0. The largest absolute Gasteiger partial charge is 0.465 e. The second-order valence-corrected chi connectivity index (χ2v) is 3.83. The van der Waals surface area contributed by atoms with Crippen LogP contribution in [0.5, 0.6) is 0 Å². The maximum Gasteiger partial charge on any atom is 0.341 e. The van der Waals surface area contributed by atoms with Crippen molar-refractivity contribution in [2.45, 2.75) is 0 Å². The fourth-order valence-corrected chi connectivity index (χ4v) is 1.61. The van der Waals surface area contributed by atoms with Crippen LogP contribution in [0.2, 0.25) is 0 Å². The number of halogens is 1. The van der Waals surface area contributed by atoms with Crippen molar-refractivity contribution >= 4 is 27.7 Å². The molecule has 0 amide bonds. The van der Waals surface area contributed by atoms with Crippen LogP contribution in [0.15, 0.2) is 45.6 Å². The third-order valence-electron chi connectivity index (χ3n) is 1.97. The molecule has 0 aromatic heterocycles. The number of rotatable bonds is 4. The zero-order valence-corrected chi connectivity index (χ0v) is 10.9. The van der Waals surface area contributed by atoms with Gasteiger partial charge in [0, 0.05) is 10.5 Å². The van der Waals surface area contributed by atoms with Crippen molar-refractivity contribution < 1.29 is 14.3 Å². The van der Waals surface area contributed by atoms with Crippen LogP contribution in [0.25, 0.3) is 10.4 Å². The van der Waals surface area contributed by atoms with E-state index in [-0.39, 0.29) is 4.48 Å². The highest BCUT2D eigenvalue weighted by Gasteiger charge is 2.19. The Morgan fingerprint density at radius 3 is 2.44 bits per heavy atom. The first-order chi connectivity index (χ1) is 8.61. The van der Waals surface area contributed by atoms with Gasteiger partial charge in [0.2, 0.25) is 5.78 Å². The number of nitrogens with zero attached hydrogens (tertiary/aromatic N) is 3. The number of hydrogen-bond acceptors (Lipinski definition) is 4. The number of hydrogen-bond donors (Lipinski definition) is 0. The molecule has 18 heavy (non-hydrogen) atoms. The first-order valence-electron chi connectivity index (χ1n) is 4.74. The summed E-state index contributed by atoms with van der Waals surface area (Å²) in [6.45, 7) is 0. The third-order valence-corrected chi connectivity index (χ3v) is 2.70. The van der Waals surface area contributed by atoms with Gasteiger partial charge in [0.25, 0.3) is 0 Å². The molecule has 1 aromatic carbocycles. The van der Waals surface area contributed by atoms with E-state index in [9.17, 15) is 9.59 Å². The lowest BCUT2D eigenvalue weighted by atomic mass is 10.1. The lowest BCUT2D eigenvalue weighted by molar-refractivity contribution is -0.136. The van der Waals surface area contributed by atoms with Crippen molar-refractivity contribution in [3.63, 3.8) is 0 Å². The second kappa shape index (κ2) is 6.58. The van der Waals surface area contributed by atoms with Crippen LogP contribution in [-0.4, -0.2) is 18.9 Å². The molecular formula is C11H8BrN3O3. The Morgan fingerprint density at radius 2 is 1.94 bits per heavy atom. The molecule has 92 valence electrons. The molecule has 0 saturated carbocycles. The SMILES string of the molecule is COC(=O)/C(N=[N+]=[N-])=C(\Br)C(=O)c1ccccc1. The number of ether oxygens (including phenoxy) is 1. The van der Waals surface area contributed by atoms with Crippen molar-refractivity contribution in [3.8, 4) is 0 Å². The number of azide groups is 1. The fraction of sp³-hybridized carbons (Fsp3) is 0.0909. The van der Waals surface area contributed by atoms with Crippen LogP contribution >= 0.6 is 15.9 Å². The molecule has 1 aromatic rings. The van der Waals surface area contributed by atoms with Crippen LogP contribution < -0.4 is 0 Å². The van der Waals surface area contributed by atoms with Gasteiger partial charge in [0.05, 0.1) is 11.6 Å². The zero-order valence-electron chi connectivity index (χ0n) is 9.33. The predicted molar refractivity (Wildman–Crippen MR) is 67.9 cm³/mol. The quantitative estimate of drug-likeness (QED) is 0.214. The topological polar surface area (TPSA) is 92.1 Å². The molecular weight excluding hydrogens is 302 g/mol. The van der Waals surface area contributed by atoms with E-state index in [0.717, 1.165) is 7.11 Å². The summed E-state index contributed by atoms with van der Waals surface area (Å²) in [4.78, 5) is 25.8. The lowest BCUT2D eigenvalue weighted by Gasteiger charge is -2.03. The predicted octanol–water partition coefficient (Wildman–Crippen LogP) is 2.96. The first kappa shape index (κ1) is 14.0. The monoisotopic (exact) mass is 309 g/mol. The van der Waals surface area contributed by atoms with E-state index in [4.69, 9.17) is 5.53 Å². The average molecular weight is 310 g/mol. The molecule has 0 aliphatic carbocycles. The van der Waals surface area contributed by atoms with Gasteiger partial charge in [-0.1, -0.05) is 35.4 Å². The van der Waals surface area contributed by atoms with E-state index in [2.05, 4.69) is 30.7 Å². The number of carbonyl (C=O) groups excluding carboxylic acids is 2. The Balaban J connectivity index is 3.24. The van der Waals surface area contributed by atoms with Gasteiger partial charge in [0.15, 0.2) is 0 Å². The maximum absolute atomic E-state index is 12.0. The van der Waals surface area contributed by atoms with Crippen molar-refractivity contribution in [3.05, 3.63) is 56.5 Å². The molecule has 7 heteroatoms. The Kier molecular flexibility index (Phi) is 5.10. The number of ketones is 1. The van der Waals surface area contributed by atoms with Crippen LogP contribution in [0.3, 0.4) is 0 Å². The van der Waals surface area contributed by atoms with Crippen molar-refractivity contribution in [2.75, 3.05) is 7.11 Å². The molecule has 0 radical (unpaired) electrons. The minimum absolute atomic E-state index is 0.140. The van der Waals surface area contributed by atoms with E-state index in [1.165, 1.54) is 0 Å². The van der Waals surface area contributed by atoms with Gasteiger partial charge in [-0.15, -0.1) is 0 Å². The van der Waals surface area contributed by atoms with Gasteiger partial charge in [-0.25, -0.2) is 4.79 Å². The lowest BCUT2D eigenvalue weighted by Crippen LogP contribution is -2.09. The Hall–Kier alpha value is -2.11.